The van der Waals surface area contributed by atoms with Crippen molar-refractivity contribution in [3.05, 3.63) is 23.3 Å². The summed E-state index contributed by atoms with van der Waals surface area (Å²) in [5, 5.41) is 0. The van der Waals surface area contributed by atoms with Gasteiger partial charge in [0.05, 0.1) is 0 Å². The Morgan fingerprint density at radius 2 is 1.56 bits per heavy atom. The number of hydrogen-bond acceptors (Lipinski definition) is 3. The molecule has 2 rings (SSSR count). The first-order valence-corrected chi connectivity index (χ1v) is 6.18. The summed E-state index contributed by atoms with van der Waals surface area (Å²) in [6.07, 6.45) is 3.63. The van der Waals surface area contributed by atoms with Crippen LogP contribution in [0, 0.1) is 10.8 Å². The van der Waals surface area contributed by atoms with Crippen LogP contribution in [0.1, 0.15) is 40.5 Å². The monoisotopic (exact) mass is 246 g/mol. The minimum Gasteiger partial charge on any atom is -0.300 e. The third kappa shape index (κ3) is 1.69. The van der Waals surface area contributed by atoms with Crippen LogP contribution in [0.25, 0.3) is 0 Å². The number of Topliss-reactive ketones (excluding diaryl/α,β-unsaturated/α-hetero) is 1. The van der Waals surface area contributed by atoms with E-state index in [1.165, 1.54) is 12.2 Å². The molecular weight excluding hydrogens is 228 g/mol. The number of allylic oxidation sites excluding steroid dienone is 4. The van der Waals surface area contributed by atoms with E-state index in [9.17, 15) is 14.4 Å². The highest BCUT2D eigenvalue weighted by atomic mass is 16.1. The molecule has 2 aliphatic carbocycles. The Kier molecular flexibility index (Phi) is 2.69. The van der Waals surface area contributed by atoms with E-state index in [0.29, 0.717) is 24.0 Å². The normalized spacial score (nSPS) is 31.4. The topological polar surface area (TPSA) is 51.2 Å². The van der Waals surface area contributed by atoms with Gasteiger partial charge >= 0.3 is 0 Å². The molecule has 1 saturated carbocycles. The number of ketones is 3. The molecule has 0 amide bonds. The van der Waals surface area contributed by atoms with Crippen molar-refractivity contribution in [2.75, 3.05) is 0 Å². The van der Waals surface area contributed by atoms with E-state index >= 15 is 0 Å². The molecule has 1 fully saturated rings. The first-order chi connectivity index (χ1) is 8.17. The summed E-state index contributed by atoms with van der Waals surface area (Å²) < 4.78 is 0. The first-order valence-electron chi connectivity index (χ1n) is 6.18. The average Bonchev–Trinajstić information content (AvgIpc) is 2.42. The molecule has 0 heterocycles. The summed E-state index contributed by atoms with van der Waals surface area (Å²) in [6.45, 7) is 7.54. The van der Waals surface area contributed by atoms with Gasteiger partial charge in [-0.05, 0) is 24.5 Å². The second-order valence-corrected chi connectivity index (χ2v) is 6.22. The Labute approximate surface area is 107 Å². The standard InChI is InChI=1S/C15H18O3/c1-9-5-13(18)11(6-12(9)17)15(4)8-10(16)7-14(15,2)3/h5-6H,7-8H2,1-4H3. The molecule has 0 aliphatic heterocycles. The zero-order chi connectivity index (χ0) is 13.7. The van der Waals surface area contributed by atoms with Gasteiger partial charge in [-0.2, -0.15) is 0 Å². The van der Waals surface area contributed by atoms with Crippen LogP contribution in [0.4, 0.5) is 0 Å². The molecule has 0 N–H and O–H groups in total. The van der Waals surface area contributed by atoms with Crippen LogP contribution in [0.15, 0.2) is 23.3 Å². The van der Waals surface area contributed by atoms with Crippen molar-refractivity contribution in [2.45, 2.75) is 40.5 Å². The minimum atomic E-state index is -0.534. The van der Waals surface area contributed by atoms with E-state index in [0.717, 1.165) is 0 Å². The second kappa shape index (κ2) is 3.74. The van der Waals surface area contributed by atoms with E-state index in [4.69, 9.17) is 0 Å². The van der Waals surface area contributed by atoms with Crippen LogP contribution >= 0.6 is 0 Å². The van der Waals surface area contributed by atoms with Crippen molar-refractivity contribution < 1.29 is 14.4 Å². The molecular formula is C15H18O3. The van der Waals surface area contributed by atoms with E-state index < -0.39 is 5.41 Å². The largest absolute Gasteiger partial charge is 0.300 e. The molecule has 3 heteroatoms. The van der Waals surface area contributed by atoms with Crippen molar-refractivity contribution >= 4 is 17.3 Å². The Bertz CT molecular complexity index is 520. The lowest BCUT2D eigenvalue weighted by Gasteiger charge is -2.39. The third-order valence-electron chi connectivity index (χ3n) is 4.56. The highest BCUT2D eigenvalue weighted by molar-refractivity contribution is 6.20. The lowest BCUT2D eigenvalue weighted by Crippen LogP contribution is -2.36. The minimum absolute atomic E-state index is 0.124. The van der Waals surface area contributed by atoms with Crippen molar-refractivity contribution in [1.82, 2.24) is 0 Å². The predicted molar refractivity (Wildman–Crippen MR) is 68.0 cm³/mol. The second-order valence-electron chi connectivity index (χ2n) is 6.22. The Balaban J connectivity index is 2.50. The lowest BCUT2D eigenvalue weighted by atomic mass is 9.63. The van der Waals surface area contributed by atoms with E-state index in [2.05, 4.69) is 0 Å². The molecule has 0 saturated heterocycles. The van der Waals surface area contributed by atoms with Crippen LogP contribution in [-0.2, 0) is 14.4 Å². The highest BCUT2D eigenvalue weighted by Crippen LogP contribution is 2.55. The summed E-state index contributed by atoms with van der Waals surface area (Å²) in [4.78, 5) is 35.6. The summed E-state index contributed by atoms with van der Waals surface area (Å²) in [6, 6.07) is 0. The summed E-state index contributed by atoms with van der Waals surface area (Å²) in [5.74, 6) is -0.0896. The van der Waals surface area contributed by atoms with Gasteiger partial charge in [0.2, 0.25) is 0 Å². The molecule has 18 heavy (non-hydrogen) atoms. The van der Waals surface area contributed by atoms with Gasteiger partial charge in [-0.15, -0.1) is 0 Å². The Morgan fingerprint density at radius 1 is 0.944 bits per heavy atom. The quantitative estimate of drug-likeness (QED) is 0.667. The molecule has 0 bridgehead atoms. The molecule has 0 aromatic carbocycles. The fourth-order valence-corrected chi connectivity index (χ4v) is 2.94. The van der Waals surface area contributed by atoms with Gasteiger partial charge in [0.1, 0.15) is 5.78 Å². The van der Waals surface area contributed by atoms with Crippen molar-refractivity contribution in [2.24, 2.45) is 10.8 Å². The SMILES string of the molecule is CC1=CC(=O)C(C2(C)CC(=O)CC2(C)C)=CC1=O. The van der Waals surface area contributed by atoms with Gasteiger partial charge in [-0.1, -0.05) is 20.8 Å². The lowest BCUT2D eigenvalue weighted by molar-refractivity contribution is -0.118. The number of hydrogen-bond donors (Lipinski definition) is 0. The molecule has 1 unspecified atom stereocenters. The third-order valence-corrected chi connectivity index (χ3v) is 4.56. The van der Waals surface area contributed by atoms with Gasteiger partial charge in [0.15, 0.2) is 11.6 Å². The molecule has 3 nitrogen and oxygen atoms in total. The van der Waals surface area contributed by atoms with Crippen LogP contribution in [-0.4, -0.2) is 17.3 Å². The fourth-order valence-electron chi connectivity index (χ4n) is 2.94. The van der Waals surface area contributed by atoms with Crippen LogP contribution in [0.5, 0.6) is 0 Å². The number of rotatable bonds is 1. The maximum atomic E-state index is 12.1. The average molecular weight is 246 g/mol. The van der Waals surface area contributed by atoms with Crippen LogP contribution in [0.2, 0.25) is 0 Å². The fraction of sp³-hybridized carbons (Fsp3) is 0.533. The molecule has 96 valence electrons. The molecule has 0 spiro atoms. The maximum absolute atomic E-state index is 12.1. The maximum Gasteiger partial charge on any atom is 0.182 e. The van der Waals surface area contributed by atoms with Gasteiger partial charge in [-0.25, -0.2) is 0 Å². The molecule has 0 aromatic rings. The molecule has 1 atom stereocenters. The van der Waals surface area contributed by atoms with Crippen molar-refractivity contribution in [3.63, 3.8) is 0 Å². The van der Waals surface area contributed by atoms with E-state index in [-0.39, 0.29) is 22.8 Å². The van der Waals surface area contributed by atoms with E-state index in [1.54, 1.807) is 6.92 Å². The zero-order valence-corrected chi connectivity index (χ0v) is 11.3. The van der Waals surface area contributed by atoms with Gasteiger partial charge in [0, 0.05) is 29.4 Å². The highest BCUT2D eigenvalue weighted by Gasteiger charge is 2.53. The number of carbonyl (C=O) groups excluding carboxylic acids is 3. The predicted octanol–water partition coefficient (Wildman–Crippen LogP) is 2.41. The Morgan fingerprint density at radius 3 is 2.06 bits per heavy atom. The Hall–Kier alpha value is -1.51. The summed E-state index contributed by atoms with van der Waals surface area (Å²) in [7, 11) is 0. The van der Waals surface area contributed by atoms with Crippen LogP contribution < -0.4 is 0 Å². The van der Waals surface area contributed by atoms with Crippen LogP contribution in [0.3, 0.4) is 0 Å². The van der Waals surface area contributed by atoms with Gasteiger partial charge in [-0.3, -0.25) is 14.4 Å². The van der Waals surface area contributed by atoms with Crippen molar-refractivity contribution in [1.29, 1.82) is 0 Å². The molecule has 0 aromatic heterocycles. The summed E-state index contributed by atoms with van der Waals surface area (Å²) in [5.41, 5.74) is 0.141. The summed E-state index contributed by atoms with van der Waals surface area (Å²) >= 11 is 0. The smallest absolute Gasteiger partial charge is 0.182 e. The first kappa shape index (κ1) is 12.9. The van der Waals surface area contributed by atoms with Crippen molar-refractivity contribution in [3.8, 4) is 0 Å². The van der Waals surface area contributed by atoms with Gasteiger partial charge in [0.25, 0.3) is 0 Å². The van der Waals surface area contributed by atoms with E-state index in [1.807, 2.05) is 20.8 Å². The molecule has 0 radical (unpaired) electrons. The number of carbonyl (C=O) groups is 3. The molecule has 2 aliphatic rings. The van der Waals surface area contributed by atoms with Gasteiger partial charge < -0.3 is 0 Å². The zero-order valence-electron chi connectivity index (χ0n) is 11.3.